The fraction of sp³-hybridized carbons (Fsp3) is 0.727. The predicted molar refractivity (Wildman–Crippen MR) is 65.3 cm³/mol. The van der Waals surface area contributed by atoms with Crippen molar-refractivity contribution in [1.82, 2.24) is 14.7 Å². The van der Waals surface area contributed by atoms with E-state index in [1.54, 1.807) is 0 Å². The van der Waals surface area contributed by atoms with Crippen LogP contribution in [0, 0.1) is 0 Å². The van der Waals surface area contributed by atoms with Crippen molar-refractivity contribution in [3.8, 4) is 0 Å². The summed E-state index contributed by atoms with van der Waals surface area (Å²) in [4.78, 5) is 2.59. The molecular weight excluding hydrogens is 254 g/mol. The van der Waals surface area contributed by atoms with Gasteiger partial charge in [-0.15, -0.1) is 0 Å². The predicted octanol–water partition coefficient (Wildman–Crippen LogP) is 1.82. The molecule has 0 bridgehead atoms. The number of hydrogen-bond donors (Lipinski definition) is 0. The maximum absolute atomic E-state index is 4.19. The second-order valence-corrected chi connectivity index (χ2v) is 4.95. The topological polar surface area (TPSA) is 21.1 Å². The zero-order valence-corrected chi connectivity index (χ0v) is 10.8. The Morgan fingerprint density at radius 2 is 2.33 bits per heavy atom. The van der Waals surface area contributed by atoms with Crippen molar-refractivity contribution < 1.29 is 0 Å². The first-order chi connectivity index (χ1) is 7.31. The first-order valence-electron chi connectivity index (χ1n) is 5.58. The van der Waals surface area contributed by atoms with Crippen LogP contribution in [0.15, 0.2) is 12.3 Å². The number of rotatable bonds is 6. The van der Waals surface area contributed by atoms with E-state index < -0.39 is 0 Å². The molecule has 1 heterocycles. The van der Waals surface area contributed by atoms with Crippen molar-refractivity contribution in [2.45, 2.75) is 25.3 Å². The van der Waals surface area contributed by atoms with E-state index in [9.17, 15) is 0 Å². The lowest BCUT2D eigenvalue weighted by Crippen LogP contribution is -2.30. The molecule has 0 N–H and O–H groups in total. The Balaban J connectivity index is 1.82. The molecule has 0 amide bonds. The molecule has 1 aromatic rings. The lowest BCUT2D eigenvalue weighted by atomic mass is 10.3. The molecule has 0 aliphatic heterocycles. The van der Waals surface area contributed by atoms with Gasteiger partial charge in [0, 0.05) is 49.8 Å². The van der Waals surface area contributed by atoms with E-state index in [4.69, 9.17) is 0 Å². The van der Waals surface area contributed by atoms with Gasteiger partial charge in [-0.1, -0.05) is 15.9 Å². The number of nitrogens with zero attached hydrogens (tertiary/aromatic N) is 3. The zero-order valence-electron chi connectivity index (χ0n) is 9.19. The third-order valence-electron chi connectivity index (χ3n) is 3.01. The van der Waals surface area contributed by atoms with Gasteiger partial charge in [-0.2, -0.15) is 5.10 Å². The molecule has 0 atom stereocenters. The van der Waals surface area contributed by atoms with Crippen LogP contribution in [0.25, 0.3) is 0 Å². The summed E-state index contributed by atoms with van der Waals surface area (Å²) < 4.78 is 1.97. The van der Waals surface area contributed by atoms with Gasteiger partial charge in [0.05, 0.1) is 0 Å². The van der Waals surface area contributed by atoms with Crippen molar-refractivity contribution in [2.75, 3.05) is 18.4 Å². The van der Waals surface area contributed by atoms with Gasteiger partial charge in [0.1, 0.15) is 0 Å². The average molecular weight is 272 g/mol. The number of aromatic nitrogens is 2. The van der Waals surface area contributed by atoms with E-state index in [1.807, 2.05) is 17.9 Å². The second-order valence-electron chi connectivity index (χ2n) is 4.15. The van der Waals surface area contributed by atoms with Gasteiger partial charge >= 0.3 is 0 Å². The smallest absolute Gasteiger partial charge is 0.0492 e. The van der Waals surface area contributed by atoms with E-state index in [1.165, 1.54) is 25.1 Å². The van der Waals surface area contributed by atoms with Gasteiger partial charge in [-0.3, -0.25) is 9.58 Å². The molecule has 3 nitrogen and oxygen atoms in total. The van der Waals surface area contributed by atoms with E-state index >= 15 is 0 Å². The van der Waals surface area contributed by atoms with Crippen molar-refractivity contribution in [2.24, 2.45) is 7.05 Å². The standard InChI is InChI=1S/C11H18BrN3/c1-14-10(4-7-13-14)5-8-15(9-6-12)11-2-3-11/h4,7,11H,2-3,5-6,8-9H2,1H3. The van der Waals surface area contributed by atoms with Crippen LogP contribution < -0.4 is 0 Å². The third-order valence-corrected chi connectivity index (χ3v) is 3.37. The van der Waals surface area contributed by atoms with Crippen LogP contribution in [0.1, 0.15) is 18.5 Å². The summed E-state index contributed by atoms with van der Waals surface area (Å²) >= 11 is 3.52. The highest BCUT2D eigenvalue weighted by Gasteiger charge is 2.27. The van der Waals surface area contributed by atoms with Crippen LogP contribution >= 0.6 is 15.9 Å². The van der Waals surface area contributed by atoms with E-state index in [0.29, 0.717) is 0 Å². The Morgan fingerprint density at radius 3 is 2.87 bits per heavy atom. The van der Waals surface area contributed by atoms with E-state index in [2.05, 4.69) is 32.0 Å². The van der Waals surface area contributed by atoms with E-state index in [-0.39, 0.29) is 0 Å². The molecule has 15 heavy (non-hydrogen) atoms. The molecule has 0 spiro atoms. The van der Waals surface area contributed by atoms with Crippen molar-refractivity contribution >= 4 is 15.9 Å². The van der Waals surface area contributed by atoms with Gasteiger partial charge in [0.25, 0.3) is 0 Å². The molecule has 0 unspecified atom stereocenters. The summed E-state index contributed by atoms with van der Waals surface area (Å²) in [6.45, 7) is 2.33. The quantitative estimate of drug-likeness (QED) is 0.737. The van der Waals surface area contributed by atoms with Crippen molar-refractivity contribution in [3.63, 3.8) is 0 Å². The fourth-order valence-electron chi connectivity index (χ4n) is 1.93. The average Bonchev–Trinajstić information content (AvgIpc) is 2.98. The Labute approximate surface area is 99.6 Å². The first-order valence-corrected chi connectivity index (χ1v) is 6.70. The minimum absolute atomic E-state index is 0.857. The van der Waals surface area contributed by atoms with E-state index in [0.717, 1.165) is 24.3 Å². The first kappa shape index (κ1) is 11.1. The van der Waals surface area contributed by atoms with Crippen LogP contribution in [0.4, 0.5) is 0 Å². The molecule has 1 aliphatic rings. The van der Waals surface area contributed by atoms with Crippen LogP contribution in [0.3, 0.4) is 0 Å². The summed E-state index contributed by atoms with van der Waals surface area (Å²) in [5.74, 6) is 0. The van der Waals surface area contributed by atoms with Gasteiger partial charge in [-0.25, -0.2) is 0 Å². The second kappa shape index (κ2) is 5.12. The summed E-state index contributed by atoms with van der Waals surface area (Å²) in [5, 5.41) is 5.27. The molecular formula is C11H18BrN3. The SMILES string of the molecule is Cn1nccc1CCN(CCBr)C1CC1. The molecule has 1 aliphatic carbocycles. The monoisotopic (exact) mass is 271 g/mol. The Morgan fingerprint density at radius 1 is 1.53 bits per heavy atom. The maximum atomic E-state index is 4.19. The molecule has 1 saturated carbocycles. The fourth-order valence-corrected chi connectivity index (χ4v) is 2.39. The number of aryl methyl sites for hydroxylation is 1. The zero-order chi connectivity index (χ0) is 10.7. The molecule has 1 aromatic heterocycles. The number of hydrogen-bond acceptors (Lipinski definition) is 2. The molecule has 84 valence electrons. The van der Waals surface area contributed by atoms with Gasteiger partial charge < -0.3 is 0 Å². The van der Waals surface area contributed by atoms with Crippen LogP contribution in [-0.4, -0.2) is 39.1 Å². The van der Waals surface area contributed by atoms with Crippen LogP contribution in [-0.2, 0) is 13.5 Å². The lowest BCUT2D eigenvalue weighted by molar-refractivity contribution is 0.282. The van der Waals surface area contributed by atoms with Crippen molar-refractivity contribution in [3.05, 3.63) is 18.0 Å². The highest BCUT2D eigenvalue weighted by molar-refractivity contribution is 9.09. The van der Waals surface area contributed by atoms with Crippen LogP contribution in [0.2, 0.25) is 0 Å². The molecule has 0 radical (unpaired) electrons. The number of alkyl halides is 1. The highest BCUT2D eigenvalue weighted by atomic mass is 79.9. The summed E-state index contributed by atoms with van der Waals surface area (Å²) in [6, 6.07) is 2.97. The highest BCUT2D eigenvalue weighted by Crippen LogP contribution is 2.26. The lowest BCUT2D eigenvalue weighted by Gasteiger charge is -2.20. The van der Waals surface area contributed by atoms with Gasteiger partial charge in [0.15, 0.2) is 0 Å². The van der Waals surface area contributed by atoms with Gasteiger partial charge in [0.2, 0.25) is 0 Å². The molecule has 1 fully saturated rings. The Hall–Kier alpha value is -0.350. The minimum Gasteiger partial charge on any atom is -0.299 e. The molecule has 0 saturated heterocycles. The van der Waals surface area contributed by atoms with Crippen molar-refractivity contribution in [1.29, 1.82) is 0 Å². The Bertz CT molecular complexity index is 307. The molecule has 4 heteroatoms. The van der Waals surface area contributed by atoms with Crippen LogP contribution in [0.5, 0.6) is 0 Å². The van der Waals surface area contributed by atoms with Gasteiger partial charge in [-0.05, 0) is 18.9 Å². The maximum Gasteiger partial charge on any atom is 0.0492 e. The number of halogens is 1. The minimum atomic E-state index is 0.857. The summed E-state index contributed by atoms with van der Waals surface area (Å²) in [7, 11) is 2.02. The molecule has 2 rings (SSSR count). The largest absolute Gasteiger partial charge is 0.299 e. The third kappa shape index (κ3) is 3.05. The molecule has 0 aromatic carbocycles. The summed E-state index contributed by atoms with van der Waals surface area (Å²) in [6.07, 6.45) is 5.76. The normalized spacial score (nSPS) is 16.2. The Kier molecular flexibility index (Phi) is 3.81. The summed E-state index contributed by atoms with van der Waals surface area (Å²) in [5.41, 5.74) is 1.33.